The topological polar surface area (TPSA) is 24.5 Å². The number of alkyl halides is 2. The Hall–Kier alpha value is -1.50. The molecular formula is C16H20F4N2O. The van der Waals surface area contributed by atoms with Crippen LogP contribution in [0, 0.1) is 11.6 Å². The summed E-state index contributed by atoms with van der Waals surface area (Å²) in [5.74, 6) is -3.22. The minimum Gasteiger partial charge on any atom is -0.429 e. The van der Waals surface area contributed by atoms with E-state index in [1.54, 1.807) is 0 Å². The highest BCUT2D eigenvalue weighted by Gasteiger charge is 2.36. The Labute approximate surface area is 132 Å². The van der Waals surface area contributed by atoms with E-state index in [1.807, 2.05) is 11.8 Å². The molecule has 1 aromatic rings. The van der Waals surface area contributed by atoms with E-state index in [0.717, 1.165) is 37.8 Å². The standard InChI is InChI=1S/C16H20F4N2O/c1-9-8-22(14-5-3-2-4-13(14)21-9)10-6-11(17)15(12(18)7-10)23-16(19)20/h6-7,9,13-14,16,21H,2-5,8H2,1H3/t9-,13-,14-/m1/s1. The van der Waals surface area contributed by atoms with Gasteiger partial charge in [0, 0.05) is 42.5 Å². The Morgan fingerprint density at radius 2 is 1.83 bits per heavy atom. The Balaban J connectivity index is 1.90. The molecule has 1 heterocycles. The normalized spacial score (nSPS) is 27.9. The zero-order valence-electron chi connectivity index (χ0n) is 12.9. The quantitative estimate of drug-likeness (QED) is 0.855. The maximum Gasteiger partial charge on any atom is 0.387 e. The van der Waals surface area contributed by atoms with E-state index in [2.05, 4.69) is 10.1 Å². The van der Waals surface area contributed by atoms with Gasteiger partial charge in [-0.2, -0.15) is 8.78 Å². The van der Waals surface area contributed by atoms with Gasteiger partial charge in [0.15, 0.2) is 17.4 Å². The lowest BCUT2D eigenvalue weighted by Crippen LogP contribution is -2.62. The average molecular weight is 332 g/mol. The molecule has 1 N–H and O–H groups in total. The summed E-state index contributed by atoms with van der Waals surface area (Å²) in [6.45, 7) is -0.611. The minimum atomic E-state index is -3.26. The van der Waals surface area contributed by atoms with Gasteiger partial charge in [0.2, 0.25) is 0 Å². The monoisotopic (exact) mass is 332 g/mol. The largest absolute Gasteiger partial charge is 0.429 e. The average Bonchev–Trinajstić information content (AvgIpc) is 2.49. The van der Waals surface area contributed by atoms with Crippen molar-refractivity contribution < 1.29 is 22.3 Å². The second kappa shape index (κ2) is 6.55. The van der Waals surface area contributed by atoms with Gasteiger partial charge in [0.1, 0.15) is 0 Å². The van der Waals surface area contributed by atoms with Gasteiger partial charge in [-0.1, -0.05) is 12.8 Å². The molecule has 1 aliphatic heterocycles. The number of rotatable bonds is 3. The van der Waals surface area contributed by atoms with Crippen molar-refractivity contribution in [2.75, 3.05) is 11.4 Å². The first-order valence-corrected chi connectivity index (χ1v) is 7.92. The number of piperazine rings is 1. The summed E-state index contributed by atoms with van der Waals surface area (Å²) in [7, 11) is 0. The van der Waals surface area contributed by atoms with Crippen LogP contribution >= 0.6 is 0 Å². The van der Waals surface area contributed by atoms with Gasteiger partial charge in [0.05, 0.1) is 0 Å². The zero-order chi connectivity index (χ0) is 16.6. The number of fused-ring (bicyclic) bond motifs is 1. The number of hydrogen-bond acceptors (Lipinski definition) is 3. The fraction of sp³-hybridized carbons (Fsp3) is 0.625. The number of nitrogens with zero attached hydrogens (tertiary/aromatic N) is 1. The third kappa shape index (κ3) is 3.39. The van der Waals surface area contributed by atoms with E-state index in [-0.39, 0.29) is 18.1 Å². The van der Waals surface area contributed by atoms with Gasteiger partial charge in [-0.25, -0.2) is 8.78 Å². The van der Waals surface area contributed by atoms with Crippen molar-refractivity contribution in [3.63, 3.8) is 0 Å². The molecule has 23 heavy (non-hydrogen) atoms. The first-order valence-electron chi connectivity index (χ1n) is 7.92. The molecule has 0 spiro atoms. The van der Waals surface area contributed by atoms with Gasteiger partial charge >= 0.3 is 6.61 Å². The van der Waals surface area contributed by atoms with Crippen molar-refractivity contribution in [1.29, 1.82) is 0 Å². The molecule has 1 aromatic carbocycles. The van der Waals surface area contributed by atoms with Crippen LogP contribution in [0.1, 0.15) is 32.6 Å². The fourth-order valence-electron chi connectivity index (χ4n) is 3.74. The zero-order valence-corrected chi connectivity index (χ0v) is 12.9. The van der Waals surface area contributed by atoms with Crippen LogP contribution in [-0.4, -0.2) is 31.3 Å². The number of nitrogens with one attached hydrogen (secondary N) is 1. The van der Waals surface area contributed by atoms with Crippen LogP contribution in [0.25, 0.3) is 0 Å². The third-order valence-electron chi connectivity index (χ3n) is 4.62. The van der Waals surface area contributed by atoms with Crippen LogP contribution in [0.15, 0.2) is 12.1 Å². The number of benzene rings is 1. The lowest BCUT2D eigenvalue weighted by atomic mass is 9.86. The van der Waals surface area contributed by atoms with Crippen LogP contribution in [0.3, 0.4) is 0 Å². The first-order chi connectivity index (χ1) is 11.0. The third-order valence-corrected chi connectivity index (χ3v) is 4.62. The molecule has 7 heteroatoms. The van der Waals surface area contributed by atoms with Gasteiger partial charge in [-0.3, -0.25) is 0 Å². The molecule has 2 aliphatic rings. The van der Waals surface area contributed by atoms with Crippen LogP contribution in [-0.2, 0) is 0 Å². The lowest BCUT2D eigenvalue weighted by Gasteiger charge is -2.48. The Bertz CT molecular complexity index is 546. The predicted molar refractivity (Wildman–Crippen MR) is 79.0 cm³/mol. The van der Waals surface area contributed by atoms with E-state index in [4.69, 9.17) is 0 Å². The van der Waals surface area contributed by atoms with Crippen molar-refractivity contribution in [2.45, 2.75) is 57.3 Å². The van der Waals surface area contributed by atoms with Gasteiger partial charge < -0.3 is 15.0 Å². The Morgan fingerprint density at radius 3 is 2.48 bits per heavy atom. The number of halogens is 4. The minimum absolute atomic E-state index is 0.167. The Kier molecular flexibility index (Phi) is 4.66. The van der Waals surface area contributed by atoms with E-state index in [0.29, 0.717) is 12.2 Å². The molecule has 3 atom stereocenters. The molecule has 2 fully saturated rings. The van der Waals surface area contributed by atoms with Crippen molar-refractivity contribution in [3.8, 4) is 5.75 Å². The van der Waals surface area contributed by atoms with Crippen molar-refractivity contribution in [3.05, 3.63) is 23.8 Å². The first kappa shape index (κ1) is 16.4. The van der Waals surface area contributed by atoms with Crippen LogP contribution in [0.4, 0.5) is 23.2 Å². The molecule has 3 nitrogen and oxygen atoms in total. The summed E-state index contributed by atoms with van der Waals surface area (Å²) in [4.78, 5) is 1.99. The molecule has 0 amide bonds. The second-order valence-corrected chi connectivity index (χ2v) is 6.30. The van der Waals surface area contributed by atoms with Gasteiger partial charge in [-0.15, -0.1) is 0 Å². The maximum atomic E-state index is 14.0. The van der Waals surface area contributed by atoms with Crippen LogP contribution < -0.4 is 15.0 Å². The molecule has 1 aliphatic carbocycles. The molecule has 3 rings (SSSR count). The number of hydrogen-bond donors (Lipinski definition) is 1. The lowest BCUT2D eigenvalue weighted by molar-refractivity contribution is -0.0546. The van der Waals surface area contributed by atoms with Gasteiger partial charge in [0.25, 0.3) is 0 Å². The van der Waals surface area contributed by atoms with Crippen molar-refractivity contribution in [2.24, 2.45) is 0 Å². The summed E-state index contributed by atoms with van der Waals surface area (Å²) in [6, 6.07) is 2.82. The second-order valence-electron chi connectivity index (χ2n) is 6.30. The highest BCUT2D eigenvalue weighted by Crippen LogP contribution is 2.34. The SMILES string of the molecule is C[C@@H]1CN(c2cc(F)c(OC(F)F)c(F)c2)[C@@H]2CCCC[C@H]2N1. The summed E-state index contributed by atoms with van der Waals surface area (Å²) in [6.07, 6.45) is 4.19. The highest BCUT2D eigenvalue weighted by atomic mass is 19.3. The van der Waals surface area contributed by atoms with E-state index in [1.165, 1.54) is 0 Å². The molecule has 0 unspecified atom stereocenters. The van der Waals surface area contributed by atoms with E-state index < -0.39 is 24.0 Å². The highest BCUT2D eigenvalue weighted by molar-refractivity contribution is 5.52. The smallest absolute Gasteiger partial charge is 0.387 e. The van der Waals surface area contributed by atoms with Crippen molar-refractivity contribution >= 4 is 5.69 Å². The van der Waals surface area contributed by atoms with Gasteiger partial charge in [-0.05, 0) is 19.8 Å². The molecular weight excluding hydrogens is 312 g/mol. The summed E-state index contributed by atoms with van der Waals surface area (Å²) in [5.41, 5.74) is 0.381. The molecule has 0 aromatic heterocycles. The summed E-state index contributed by atoms with van der Waals surface area (Å²) >= 11 is 0. The van der Waals surface area contributed by atoms with Crippen LogP contribution in [0.2, 0.25) is 0 Å². The molecule has 0 bridgehead atoms. The molecule has 1 saturated carbocycles. The molecule has 1 saturated heterocycles. The fourth-order valence-corrected chi connectivity index (χ4v) is 3.74. The Morgan fingerprint density at radius 1 is 1.17 bits per heavy atom. The molecule has 0 radical (unpaired) electrons. The molecule has 128 valence electrons. The maximum absolute atomic E-state index is 14.0. The van der Waals surface area contributed by atoms with E-state index in [9.17, 15) is 17.6 Å². The van der Waals surface area contributed by atoms with E-state index >= 15 is 0 Å². The number of anilines is 1. The van der Waals surface area contributed by atoms with Crippen molar-refractivity contribution in [1.82, 2.24) is 5.32 Å². The number of ether oxygens (including phenoxy) is 1. The summed E-state index contributed by atoms with van der Waals surface area (Å²) in [5, 5.41) is 3.53. The predicted octanol–water partition coefficient (Wildman–Crippen LogP) is 3.68. The van der Waals surface area contributed by atoms with Crippen LogP contribution in [0.5, 0.6) is 5.75 Å². The summed E-state index contributed by atoms with van der Waals surface area (Å²) < 4.78 is 56.4.